The van der Waals surface area contributed by atoms with Crippen LogP contribution in [-0.4, -0.2) is 25.8 Å². The summed E-state index contributed by atoms with van der Waals surface area (Å²) in [6.45, 7) is 0. The van der Waals surface area contributed by atoms with E-state index in [2.05, 4.69) is 31.2 Å². The molecule has 2 aromatic heterocycles. The standard InChI is InChI=1S/C13H9BrN4O/c1-18-11(13(14)16-17-18)12(19)9-4-2-6-10-8(9)5-3-7-15-10/h2-7H,1H3. The summed E-state index contributed by atoms with van der Waals surface area (Å²) in [4.78, 5) is 16.9. The van der Waals surface area contributed by atoms with E-state index in [1.54, 1.807) is 19.3 Å². The number of carbonyl (C=O) groups excluding carboxylic acids is 1. The van der Waals surface area contributed by atoms with Crippen molar-refractivity contribution in [3.05, 3.63) is 52.4 Å². The summed E-state index contributed by atoms with van der Waals surface area (Å²) in [6.07, 6.45) is 1.71. The van der Waals surface area contributed by atoms with Crippen LogP contribution in [0.25, 0.3) is 10.9 Å². The molecule has 0 bridgehead atoms. The fourth-order valence-electron chi connectivity index (χ4n) is 2.00. The molecular formula is C13H9BrN4O. The number of nitrogens with zero attached hydrogens (tertiary/aromatic N) is 4. The number of carbonyl (C=O) groups is 1. The van der Waals surface area contributed by atoms with E-state index >= 15 is 0 Å². The second-order valence-electron chi connectivity index (χ2n) is 4.06. The zero-order valence-electron chi connectivity index (χ0n) is 10.0. The highest BCUT2D eigenvalue weighted by molar-refractivity contribution is 9.10. The first-order valence-electron chi connectivity index (χ1n) is 5.62. The van der Waals surface area contributed by atoms with E-state index in [0.29, 0.717) is 15.9 Å². The number of pyridine rings is 1. The van der Waals surface area contributed by atoms with Gasteiger partial charge in [0.1, 0.15) is 5.69 Å². The molecule has 0 fully saturated rings. The normalized spacial score (nSPS) is 10.8. The number of benzene rings is 1. The molecule has 0 radical (unpaired) electrons. The number of hydrogen-bond acceptors (Lipinski definition) is 4. The molecule has 3 rings (SSSR count). The van der Waals surface area contributed by atoms with Crippen molar-refractivity contribution in [1.82, 2.24) is 20.0 Å². The molecular weight excluding hydrogens is 308 g/mol. The van der Waals surface area contributed by atoms with Crippen LogP contribution < -0.4 is 0 Å². The predicted octanol–water partition coefficient (Wildman–Crippen LogP) is 2.36. The van der Waals surface area contributed by atoms with Crippen molar-refractivity contribution >= 4 is 32.6 Å². The Kier molecular flexibility index (Phi) is 2.87. The fraction of sp³-hybridized carbons (Fsp3) is 0.0769. The second kappa shape index (κ2) is 4.55. The lowest BCUT2D eigenvalue weighted by Gasteiger charge is -2.05. The van der Waals surface area contributed by atoms with Gasteiger partial charge < -0.3 is 0 Å². The minimum Gasteiger partial charge on any atom is -0.287 e. The first-order valence-corrected chi connectivity index (χ1v) is 6.41. The summed E-state index contributed by atoms with van der Waals surface area (Å²) in [5.41, 5.74) is 1.81. The molecule has 94 valence electrons. The van der Waals surface area contributed by atoms with Gasteiger partial charge in [-0.3, -0.25) is 9.78 Å². The highest BCUT2D eigenvalue weighted by atomic mass is 79.9. The van der Waals surface area contributed by atoms with Crippen molar-refractivity contribution in [3.63, 3.8) is 0 Å². The highest BCUT2D eigenvalue weighted by Crippen LogP contribution is 2.22. The number of hydrogen-bond donors (Lipinski definition) is 0. The Labute approximate surface area is 117 Å². The smallest absolute Gasteiger partial charge is 0.214 e. The summed E-state index contributed by atoms with van der Waals surface area (Å²) < 4.78 is 1.91. The van der Waals surface area contributed by atoms with Crippen LogP contribution in [-0.2, 0) is 7.05 Å². The number of rotatable bonds is 2. The number of halogens is 1. The molecule has 0 spiro atoms. The monoisotopic (exact) mass is 316 g/mol. The lowest BCUT2D eigenvalue weighted by Crippen LogP contribution is -2.09. The number of fused-ring (bicyclic) bond motifs is 1. The summed E-state index contributed by atoms with van der Waals surface area (Å²) in [6, 6.07) is 9.18. The van der Waals surface area contributed by atoms with Gasteiger partial charge in [0.25, 0.3) is 0 Å². The first-order chi connectivity index (χ1) is 9.18. The summed E-state index contributed by atoms with van der Waals surface area (Å²) in [5.74, 6) is -0.127. The molecule has 6 heteroatoms. The van der Waals surface area contributed by atoms with Crippen LogP contribution in [0.2, 0.25) is 0 Å². The molecule has 5 nitrogen and oxygen atoms in total. The Balaban J connectivity index is 2.23. The van der Waals surface area contributed by atoms with Gasteiger partial charge in [0.05, 0.1) is 5.52 Å². The summed E-state index contributed by atoms with van der Waals surface area (Å²) >= 11 is 3.25. The van der Waals surface area contributed by atoms with Gasteiger partial charge in [-0.2, -0.15) is 0 Å². The molecule has 0 saturated heterocycles. The fourth-order valence-corrected chi connectivity index (χ4v) is 2.51. The van der Waals surface area contributed by atoms with Gasteiger partial charge >= 0.3 is 0 Å². The van der Waals surface area contributed by atoms with E-state index < -0.39 is 0 Å². The van der Waals surface area contributed by atoms with Crippen molar-refractivity contribution in [2.75, 3.05) is 0 Å². The van der Waals surface area contributed by atoms with Gasteiger partial charge in [-0.1, -0.05) is 23.4 Å². The van der Waals surface area contributed by atoms with Crippen molar-refractivity contribution < 1.29 is 4.79 Å². The van der Waals surface area contributed by atoms with Crippen LogP contribution in [0.1, 0.15) is 16.1 Å². The lowest BCUT2D eigenvalue weighted by atomic mass is 10.0. The Morgan fingerprint density at radius 2 is 2.11 bits per heavy atom. The van der Waals surface area contributed by atoms with E-state index in [1.807, 2.05) is 24.3 Å². The molecule has 0 saturated carbocycles. The Bertz CT molecular complexity index is 756. The molecule has 0 atom stereocenters. The maximum Gasteiger partial charge on any atom is 0.214 e. The quantitative estimate of drug-likeness (QED) is 0.681. The summed E-state index contributed by atoms with van der Waals surface area (Å²) in [5, 5.41) is 8.48. The Morgan fingerprint density at radius 1 is 1.26 bits per heavy atom. The Morgan fingerprint density at radius 3 is 2.84 bits per heavy atom. The van der Waals surface area contributed by atoms with Crippen LogP contribution in [0, 0.1) is 0 Å². The largest absolute Gasteiger partial charge is 0.287 e. The first kappa shape index (κ1) is 12.0. The molecule has 3 aromatic rings. The molecule has 0 aliphatic rings. The van der Waals surface area contributed by atoms with Crippen LogP contribution >= 0.6 is 15.9 Å². The minimum absolute atomic E-state index is 0.127. The van der Waals surface area contributed by atoms with Gasteiger partial charge in [-0.15, -0.1) is 5.10 Å². The number of ketones is 1. The van der Waals surface area contributed by atoms with Gasteiger partial charge in [-0.25, -0.2) is 4.68 Å². The molecule has 1 aromatic carbocycles. The van der Waals surface area contributed by atoms with Gasteiger partial charge in [0, 0.05) is 24.2 Å². The lowest BCUT2D eigenvalue weighted by molar-refractivity contribution is 0.103. The molecule has 19 heavy (non-hydrogen) atoms. The average molecular weight is 317 g/mol. The zero-order valence-corrected chi connectivity index (χ0v) is 11.6. The minimum atomic E-state index is -0.127. The zero-order chi connectivity index (χ0) is 13.4. The van der Waals surface area contributed by atoms with E-state index in [1.165, 1.54) is 4.68 Å². The van der Waals surface area contributed by atoms with Gasteiger partial charge in [0.2, 0.25) is 5.78 Å². The number of aromatic nitrogens is 4. The Hall–Kier alpha value is -2.08. The van der Waals surface area contributed by atoms with Crippen molar-refractivity contribution in [2.24, 2.45) is 7.05 Å². The topological polar surface area (TPSA) is 60.7 Å². The molecule has 0 amide bonds. The van der Waals surface area contributed by atoms with Crippen LogP contribution in [0.4, 0.5) is 0 Å². The van der Waals surface area contributed by atoms with Crippen LogP contribution in [0.5, 0.6) is 0 Å². The molecule has 0 unspecified atom stereocenters. The van der Waals surface area contributed by atoms with Crippen molar-refractivity contribution in [2.45, 2.75) is 0 Å². The molecule has 0 aliphatic heterocycles. The van der Waals surface area contributed by atoms with E-state index in [0.717, 1.165) is 10.9 Å². The van der Waals surface area contributed by atoms with E-state index in [-0.39, 0.29) is 5.78 Å². The third kappa shape index (κ3) is 1.94. The second-order valence-corrected chi connectivity index (χ2v) is 4.81. The molecule has 0 N–H and O–H groups in total. The SMILES string of the molecule is Cn1nnc(Br)c1C(=O)c1cccc2ncccc12. The molecule has 0 aliphatic carbocycles. The maximum atomic E-state index is 12.6. The van der Waals surface area contributed by atoms with Crippen LogP contribution in [0.15, 0.2) is 41.1 Å². The molecule has 2 heterocycles. The maximum absolute atomic E-state index is 12.6. The third-order valence-corrected chi connectivity index (χ3v) is 3.43. The van der Waals surface area contributed by atoms with Crippen LogP contribution in [0.3, 0.4) is 0 Å². The predicted molar refractivity (Wildman–Crippen MR) is 73.9 cm³/mol. The van der Waals surface area contributed by atoms with Gasteiger partial charge in [0.15, 0.2) is 4.60 Å². The number of aryl methyl sites for hydroxylation is 1. The van der Waals surface area contributed by atoms with Gasteiger partial charge in [-0.05, 0) is 28.1 Å². The summed E-state index contributed by atoms with van der Waals surface area (Å²) in [7, 11) is 1.69. The average Bonchev–Trinajstić information content (AvgIpc) is 2.77. The third-order valence-electron chi connectivity index (χ3n) is 2.89. The van der Waals surface area contributed by atoms with E-state index in [9.17, 15) is 4.79 Å². The van der Waals surface area contributed by atoms with Crippen molar-refractivity contribution in [1.29, 1.82) is 0 Å². The highest BCUT2D eigenvalue weighted by Gasteiger charge is 2.20. The van der Waals surface area contributed by atoms with Crippen molar-refractivity contribution in [3.8, 4) is 0 Å². The van der Waals surface area contributed by atoms with E-state index in [4.69, 9.17) is 0 Å².